The van der Waals surface area contributed by atoms with Crippen LogP contribution in [-0.2, 0) is 4.79 Å². The molecular weight excluding hydrogens is 212 g/mol. The van der Waals surface area contributed by atoms with E-state index in [2.05, 4.69) is 6.58 Å². The highest BCUT2D eigenvalue weighted by molar-refractivity contribution is 5.84. The smallest absolute Gasteiger partial charge is 0.330 e. The van der Waals surface area contributed by atoms with Crippen LogP contribution in [0.1, 0.15) is 64.7 Å². The quantitative estimate of drug-likeness (QED) is 0.724. The molecule has 0 aromatic carbocycles. The van der Waals surface area contributed by atoms with Crippen molar-refractivity contribution in [2.24, 2.45) is 11.8 Å². The van der Waals surface area contributed by atoms with E-state index in [0.29, 0.717) is 0 Å². The lowest BCUT2D eigenvalue weighted by atomic mass is 9.79. The summed E-state index contributed by atoms with van der Waals surface area (Å²) < 4.78 is 0. The van der Waals surface area contributed by atoms with Crippen molar-refractivity contribution in [3.63, 3.8) is 0 Å². The summed E-state index contributed by atoms with van der Waals surface area (Å²) in [5, 5.41) is 7.89. The molecule has 0 aromatic heterocycles. The average Bonchev–Trinajstić information content (AvgIpc) is 2.84. The number of carboxylic acid groups (broad SMARTS) is 1. The molecule has 0 spiro atoms. The SMILES string of the molecule is C1CCC(C2CCCC2)CC1.C=C(C)C(=O)O. The van der Waals surface area contributed by atoms with Crippen LogP contribution in [0.15, 0.2) is 12.2 Å². The molecule has 2 aliphatic rings. The molecule has 2 saturated carbocycles. The molecule has 0 bridgehead atoms. The Morgan fingerprint density at radius 1 is 0.941 bits per heavy atom. The third kappa shape index (κ3) is 5.38. The number of carboxylic acids is 1. The zero-order chi connectivity index (χ0) is 12.7. The van der Waals surface area contributed by atoms with Gasteiger partial charge < -0.3 is 5.11 Å². The standard InChI is InChI=1S/C11H20.C4H6O2/c1-2-6-10(7-3-1)11-8-4-5-9-11;1-3(2)4(5)6/h10-11H,1-9H2;1H2,2H3,(H,5,6). The van der Waals surface area contributed by atoms with E-state index < -0.39 is 5.97 Å². The van der Waals surface area contributed by atoms with Crippen LogP contribution >= 0.6 is 0 Å². The van der Waals surface area contributed by atoms with Gasteiger partial charge in [-0.05, 0) is 18.8 Å². The Labute approximate surface area is 105 Å². The van der Waals surface area contributed by atoms with Crippen LogP contribution in [-0.4, -0.2) is 11.1 Å². The summed E-state index contributed by atoms with van der Waals surface area (Å²) in [4.78, 5) is 9.60. The van der Waals surface area contributed by atoms with Crippen molar-refractivity contribution in [3.8, 4) is 0 Å². The first-order valence-electron chi connectivity index (χ1n) is 7.00. The lowest BCUT2D eigenvalue weighted by molar-refractivity contribution is -0.132. The molecule has 2 rings (SSSR count). The fourth-order valence-electron chi connectivity index (χ4n) is 3.03. The van der Waals surface area contributed by atoms with E-state index in [4.69, 9.17) is 5.11 Å². The lowest BCUT2D eigenvalue weighted by Crippen LogP contribution is -2.14. The molecule has 0 aromatic rings. The van der Waals surface area contributed by atoms with E-state index in [9.17, 15) is 4.79 Å². The Bertz CT molecular complexity index is 234. The van der Waals surface area contributed by atoms with E-state index in [1.165, 1.54) is 39.0 Å². The highest BCUT2D eigenvalue weighted by Gasteiger charge is 2.25. The number of carbonyl (C=O) groups is 1. The molecule has 2 nitrogen and oxygen atoms in total. The molecule has 0 amide bonds. The first kappa shape index (κ1) is 14.3. The van der Waals surface area contributed by atoms with Gasteiger partial charge >= 0.3 is 5.97 Å². The Morgan fingerprint density at radius 3 is 1.53 bits per heavy atom. The molecule has 17 heavy (non-hydrogen) atoms. The molecule has 0 saturated heterocycles. The predicted octanol–water partition coefficient (Wildman–Crippen LogP) is 4.40. The van der Waals surface area contributed by atoms with Gasteiger partial charge in [0.2, 0.25) is 0 Å². The first-order valence-corrected chi connectivity index (χ1v) is 7.00. The Kier molecular flexibility index (Phi) is 6.31. The second kappa shape index (κ2) is 7.52. The van der Waals surface area contributed by atoms with Crippen LogP contribution in [0.4, 0.5) is 0 Å². The summed E-state index contributed by atoms with van der Waals surface area (Å²) in [6, 6.07) is 0. The van der Waals surface area contributed by atoms with Gasteiger partial charge in [-0.3, -0.25) is 0 Å². The Morgan fingerprint density at radius 2 is 1.24 bits per heavy atom. The first-order chi connectivity index (χ1) is 8.11. The van der Waals surface area contributed by atoms with E-state index in [1.807, 2.05) is 0 Å². The van der Waals surface area contributed by atoms with Gasteiger partial charge in [0.05, 0.1) is 0 Å². The largest absolute Gasteiger partial charge is 0.478 e. The minimum atomic E-state index is -0.935. The topological polar surface area (TPSA) is 37.3 Å². The van der Waals surface area contributed by atoms with Crippen LogP contribution in [0.3, 0.4) is 0 Å². The van der Waals surface area contributed by atoms with E-state index >= 15 is 0 Å². The van der Waals surface area contributed by atoms with Crippen LogP contribution in [0.25, 0.3) is 0 Å². The maximum atomic E-state index is 9.60. The van der Waals surface area contributed by atoms with Crippen LogP contribution in [0, 0.1) is 11.8 Å². The lowest BCUT2D eigenvalue weighted by Gasteiger charge is -2.26. The highest BCUT2D eigenvalue weighted by atomic mass is 16.4. The maximum Gasteiger partial charge on any atom is 0.330 e. The molecule has 0 radical (unpaired) electrons. The third-order valence-corrected chi connectivity index (χ3v) is 4.08. The van der Waals surface area contributed by atoms with Crippen molar-refractivity contribution in [2.45, 2.75) is 64.7 Å². The average molecular weight is 238 g/mol. The van der Waals surface area contributed by atoms with Gasteiger partial charge in [-0.15, -0.1) is 0 Å². The molecule has 0 atom stereocenters. The molecule has 1 N–H and O–H groups in total. The Hall–Kier alpha value is -0.790. The van der Waals surface area contributed by atoms with Gasteiger partial charge in [-0.1, -0.05) is 64.4 Å². The van der Waals surface area contributed by atoms with Crippen molar-refractivity contribution in [2.75, 3.05) is 0 Å². The number of aliphatic carboxylic acids is 1. The molecule has 2 heteroatoms. The van der Waals surface area contributed by atoms with Gasteiger partial charge in [0.1, 0.15) is 0 Å². The molecule has 0 unspecified atom stereocenters. The van der Waals surface area contributed by atoms with Gasteiger partial charge in [-0.2, -0.15) is 0 Å². The minimum absolute atomic E-state index is 0.176. The molecule has 98 valence electrons. The van der Waals surface area contributed by atoms with Gasteiger partial charge in [-0.25, -0.2) is 4.79 Å². The predicted molar refractivity (Wildman–Crippen MR) is 71.0 cm³/mol. The normalized spacial score (nSPS) is 21.7. The fourth-order valence-corrected chi connectivity index (χ4v) is 3.03. The van der Waals surface area contributed by atoms with E-state index in [0.717, 1.165) is 11.8 Å². The molecular formula is C15H26O2. The van der Waals surface area contributed by atoms with Gasteiger partial charge in [0.15, 0.2) is 0 Å². The van der Waals surface area contributed by atoms with Crippen molar-refractivity contribution in [1.82, 2.24) is 0 Å². The second-order valence-corrected chi connectivity index (χ2v) is 5.53. The second-order valence-electron chi connectivity index (χ2n) is 5.53. The third-order valence-electron chi connectivity index (χ3n) is 4.08. The van der Waals surface area contributed by atoms with Crippen LogP contribution in [0.5, 0.6) is 0 Å². The number of rotatable bonds is 2. The zero-order valence-electron chi connectivity index (χ0n) is 11.1. The highest BCUT2D eigenvalue weighted by Crippen LogP contribution is 2.38. The summed E-state index contributed by atoms with van der Waals surface area (Å²) >= 11 is 0. The monoisotopic (exact) mass is 238 g/mol. The van der Waals surface area contributed by atoms with E-state index in [-0.39, 0.29) is 5.57 Å². The van der Waals surface area contributed by atoms with Gasteiger partial charge in [0, 0.05) is 5.57 Å². The minimum Gasteiger partial charge on any atom is -0.478 e. The summed E-state index contributed by atoms with van der Waals surface area (Å²) in [5.74, 6) is 1.36. The van der Waals surface area contributed by atoms with Crippen LogP contribution < -0.4 is 0 Å². The van der Waals surface area contributed by atoms with Gasteiger partial charge in [0.25, 0.3) is 0 Å². The summed E-state index contributed by atoms with van der Waals surface area (Å²) in [7, 11) is 0. The summed E-state index contributed by atoms with van der Waals surface area (Å²) in [6.07, 6.45) is 13.9. The number of hydrogen-bond donors (Lipinski definition) is 1. The molecule has 2 fully saturated rings. The van der Waals surface area contributed by atoms with E-state index in [1.54, 1.807) is 25.7 Å². The maximum absolute atomic E-state index is 9.60. The fraction of sp³-hybridized carbons (Fsp3) is 0.800. The summed E-state index contributed by atoms with van der Waals surface area (Å²) in [5.41, 5.74) is 0.176. The van der Waals surface area contributed by atoms with Crippen LogP contribution in [0.2, 0.25) is 0 Å². The molecule has 2 aliphatic carbocycles. The van der Waals surface area contributed by atoms with Crippen molar-refractivity contribution >= 4 is 5.97 Å². The van der Waals surface area contributed by atoms with Crippen molar-refractivity contribution in [1.29, 1.82) is 0 Å². The molecule has 0 aliphatic heterocycles. The summed E-state index contributed by atoms with van der Waals surface area (Å²) in [6.45, 7) is 4.60. The zero-order valence-corrected chi connectivity index (χ0v) is 11.1. The van der Waals surface area contributed by atoms with Crippen molar-refractivity contribution in [3.05, 3.63) is 12.2 Å². The Balaban J connectivity index is 0.000000209. The number of hydrogen-bond acceptors (Lipinski definition) is 1. The van der Waals surface area contributed by atoms with Crippen molar-refractivity contribution < 1.29 is 9.90 Å². The molecule has 0 heterocycles.